The minimum atomic E-state index is -1.11. The Hall–Kier alpha value is -2.74. The molecule has 0 aliphatic heterocycles. The molecule has 8 heteroatoms. The number of aromatic carboxylic acids is 1. The molecule has 0 aliphatic rings. The molecular weight excluding hydrogens is 367 g/mol. The fraction of sp³-hybridized carbons (Fsp3) is 0. The van der Waals surface area contributed by atoms with Crippen molar-refractivity contribution in [1.29, 1.82) is 0 Å². The third kappa shape index (κ3) is 2.93. The maximum Gasteiger partial charge on any atom is 0.337 e. The standard InChI is InChI=1S/C15H10BrFN4O2/c16-10-5-7(17)1-2-8(10)13-9(14(22)23)6-12(20-13)11-3-4-19-15(18)21-11/h1-6,20H,(H,22,23)(H2,18,19,21). The molecule has 0 saturated carbocycles. The second-order valence-electron chi connectivity index (χ2n) is 4.70. The van der Waals surface area contributed by atoms with Crippen LogP contribution >= 0.6 is 15.9 Å². The number of nitrogens with two attached hydrogens (primary N) is 1. The van der Waals surface area contributed by atoms with Gasteiger partial charge in [0.25, 0.3) is 0 Å². The summed E-state index contributed by atoms with van der Waals surface area (Å²) < 4.78 is 13.7. The zero-order valence-corrected chi connectivity index (χ0v) is 13.1. The van der Waals surface area contributed by atoms with E-state index in [0.29, 0.717) is 27.1 Å². The van der Waals surface area contributed by atoms with E-state index >= 15 is 0 Å². The third-order valence-electron chi connectivity index (χ3n) is 3.20. The number of aromatic nitrogens is 3. The zero-order valence-electron chi connectivity index (χ0n) is 11.5. The smallest absolute Gasteiger partial charge is 0.337 e. The Morgan fingerprint density at radius 3 is 2.74 bits per heavy atom. The number of rotatable bonds is 3. The lowest BCUT2D eigenvalue weighted by molar-refractivity contribution is 0.0698. The highest BCUT2D eigenvalue weighted by Gasteiger charge is 2.19. The first-order chi connectivity index (χ1) is 11.0. The summed E-state index contributed by atoms with van der Waals surface area (Å²) >= 11 is 3.25. The van der Waals surface area contributed by atoms with Gasteiger partial charge in [-0.15, -0.1) is 0 Å². The maximum atomic E-state index is 13.2. The Labute approximate surface area is 138 Å². The first-order valence-corrected chi connectivity index (χ1v) is 7.25. The fourth-order valence-corrected chi connectivity index (χ4v) is 2.74. The minimum absolute atomic E-state index is 0.0458. The molecule has 4 N–H and O–H groups in total. The molecule has 1 aromatic carbocycles. The summed E-state index contributed by atoms with van der Waals surface area (Å²) in [4.78, 5) is 22.4. The van der Waals surface area contributed by atoms with Crippen LogP contribution in [0.25, 0.3) is 22.6 Å². The largest absolute Gasteiger partial charge is 0.478 e. The second kappa shape index (κ2) is 5.81. The van der Waals surface area contributed by atoms with E-state index in [-0.39, 0.29) is 11.5 Å². The number of aromatic amines is 1. The van der Waals surface area contributed by atoms with Crippen molar-refractivity contribution in [2.75, 3.05) is 5.73 Å². The van der Waals surface area contributed by atoms with Crippen molar-refractivity contribution >= 4 is 27.8 Å². The van der Waals surface area contributed by atoms with Crippen LogP contribution in [-0.2, 0) is 0 Å². The lowest BCUT2D eigenvalue weighted by Gasteiger charge is -2.04. The number of hydrogen-bond donors (Lipinski definition) is 3. The van der Waals surface area contributed by atoms with Crippen molar-refractivity contribution in [2.45, 2.75) is 0 Å². The third-order valence-corrected chi connectivity index (χ3v) is 3.85. The molecule has 0 aliphatic carbocycles. The molecule has 23 heavy (non-hydrogen) atoms. The van der Waals surface area contributed by atoms with Crippen LogP contribution in [0.3, 0.4) is 0 Å². The molecule has 0 bridgehead atoms. The second-order valence-corrected chi connectivity index (χ2v) is 5.56. The summed E-state index contributed by atoms with van der Waals surface area (Å²) in [6.07, 6.45) is 1.48. The number of carboxylic acids is 1. The molecule has 0 amide bonds. The molecule has 6 nitrogen and oxygen atoms in total. The highest BCUT2D eigenvalue weighted by Crippen LogP contribution is 2.33. The van der Waals surface area contributed by atoms with Gasteiger partial charge in [0.05, 0.1) is 22.6 Å². The van der Waals surface area contributed by atoms with E-state index in [1.807, 2.05) is 0 Å². The van der Waals surface area contributed by atoms with E-state index < -0.39 is 11.8 Å². The predicted molar refractivity (Wildman–Crippen MR) is 86.3 cm³/mol. The van der Waals surface area contributed by atoms with Crippen molar-refractivity contribution in [3.63, 3.8) is 0 Å². The number of halogens is 2. The fourth-order valence-electron chi connectivity index (χ4n) is 2.19. The van der Waals surface area contributed by atoms with Gasteiger partial charge in [-0.25, -0.2) is 19.2 Å². The number of nitrogens with one attached hydrogen (secondary N) is 1. The van der Waals surface area contributed by atoms with Gasteiger partial charge in [-0.1, -0.05) is 0 Å². The molecule has 2 heterocycles. The van der Waals surface area contributed by atoms with Gasteiger partial charge < -0.3 is 15.8 Å². The topological polar surface area (TPSA) is 105 Å². The van der Waals surface area contributed by atoms with E-state index in [0.717, 1.165) is 0 Å². The van der Waals surface area contributed by atoms with Crippen molar-refractivity contribution in [3.8, 4) is 22.6 Å². The Balaban J connectivity index is 2.19. The first kappa shape index (κ1) is 15.2. The number of carboxylic acid groups (broad SMARTS) is 1. The van der Waals surface area contributed by atoms with Crippen molar-refractivity contribution < 1.29 is 14.3 Å². The van der Waals surface area contributed by atoms with Crippen LogP contribution in [0.4, 0.5) is 10.3 Å². The number of anilines is 1. The van der Waals surface area contributed by atoms with Gasteiger partial charge in [-0.3, -0.25) is 0 Å². The molecule has 0 spiro atoms. The number of nitrogens with zero attached hydrogens (tertiary/aromatic N) is 2. The van der Waals surface area contributed by atoms with Gasteiger partial charge in [-0.2, -0.15) is 0 Å². The Morgan fingerprint density at radius 2 is 2.09 bits per heavy atom. The molecule has 0 unspecified atom stereocenters. The minimum Gasteiger partial charge on any atom is -0.478 e. The van der Waals surface area contributed by atoms with Gasteiger partial charge in [0.15, 0.2) is 0 Å². The quantitative estimate of drug-likeness (QED) is 0.650. The number of nitrogen functional groups attached to an aromatic ring is 1. The van der Waals surface area contributed by atoms with Gasteiger partial charge in [0.1, 0.15) is 5.82 Å². The molecule has 3 aromatic rings. The molecule has 2 aromatic heterocycles. The van der Waals surface area contributed by atoms with Crippen LogP contribution in [0.1, 0.15) is 10.4 Å². The average molecular weight is 377 g/mol. The van der Waals surface area contributed by atoms with Gasteiger partial charge in [0, 0.05) is 16.2 Å². The average Bonchev–Trinajstić information content (AvgIpc) is 2.92. The Morgan fingerprint density at radius 1 is 1.30 bits per heavy atom. The maximum absolute atomic E-state index is 13.2. The first-order valence-electron chi connectivity index (χ1n) is 6.46. The van der Waals surface area contributed by atoms with Crippen LogP contribution in [0.5, 0.6) is 0 Å². The molecule has 116 valence electrons. The van der Waals surface area contributed by atoms with E-state index in [9.17, 15) is 14.3 Å². The number of hydrogen-bond acceptors (Lipinski definition) is 4. The normalized spacial score (nSPS) is 10.7. The van der Waals surface area contributed by atoms with Crippen molar-refractivity contribution in [2.24, 2.45) is 0 Å². The lowest BCUT2D eigenvalue weighted by Crippen LogP contribution is -1.97. The number of benzene rings is 1. The summed E-state index contributed by atoms with van der Waals surface area (Å²) in [5, 5.41) is 9.42. The van der Waals surface area contributed by atoms with Gasteiger partial charge in [0.2, 0.25) is 5.95 Å². The van der Waals surface area contributed by atoms with Crippen LogP contribution in [-0.4, -0.2) is 26.0 Å². The molecule has 0 fully saturated rings. The predicted octanol–water partition coefficient (Wildman–Crippen LogP) is 3.32. The number of carbonyl (C=O) groups is 1. The van der Waals surface area contributed by atoms with Crippen LogP contribution in [0.2, 0.25) is 0 Å². The van der Waals surface area contributed by atoms with Crippen molar-refractivity contribution in [1.82, 2.24) is 15.0 Å². The van der Waals surface area contributed by atoms with E-state index in [2.05, 4.69) is 30.9 Å². The van der Waals surface area contributed by atoms with Crippen LogP contribution in [0.15, 0.2) is 41.0 Å². The Bertz CT molecular complexity index is 910. The van der Waals surface area contributed by atoms with E-state index in [4.69, 9.17) is 5.73 Å². The molecule has 0 radical (unpaired) electrons. The zero-order chi connectivity index (χ0) is 16.6. The van der Waals surface area contributed by atoms with Gasteiger partial charge >= 0.3 is 5.97 Å². The summed E-state index contributed by atoms with van der Waals surface area (Å²) in [6.45, 7) is 0. The van der Waals surface area contributed by atoms with E-state index in [1.54, 1.807) is 6.07 Å². The molecule has 3 rings (SSSR count). The lowest BCUT2D eigenvalue weighted by atomic mass is 10.1. The SMILES string of the molecule is Nc1nccc(-c2cc(C(=O)O)c(-c3ccc(F)cc3Br)[nH]2)n1. The summed E-state index contributed by atoms with van der Waals surface area (Å²) in [5.74, 6) is -1.45. The summed E-state index contributed by atoms with van der Waals surface area (Å²) in [6, 6.07) is 7.08. The Kier molecular flexibility index (Phi) is 3.83. The molecule has 0 saturated heterocycles. The van der Waals surface area contributed by atoms with Crippen molar-refractivity contribution in [3.05, 3.63) is 52.4 Å². The van der Waals surface area contributed by atoms with Crippen LogP contribution in [0, 0.1) is 5.82 Å². The summed E-state index contributed by atoms with van der Waals surface area (Å²) in [7, 11) is 0. The van der Waals surface area contributed by atoms with E-state index in [1.165, 1.54) is 30.5 Å². The molecular formula is C15H10BrFN4O2. The monoisotopic (exact) mass is 376 g/mol. The highest BCUT2D eigenvalue weighted by atomic mass is 79.9. The number of H-pyrrole nitrogens is 1. The van der Waals surface area contributed by atoms with Crippen LogP contribution < -0.4 is 5.73 Å². The highest BCUT2D eigenvalue weighted by molar-refractivity contribution is 9.10. The molecule has 0 atom stereocenters. The summed E-state index contributed by atoms with van der Waals surface area (Å²) in [5.41, 5.74) is 7.40. The van der Waals surface area contributed by atoms with Gasteiger partial charge in [-0.05, 0) is 46.3 Å².